The fourth-order valence-corrected chi connectivity index (χ4v) is 4.69. The molecule has 1 aliphatic heterocycles. The number of hydrogen-bond donors (Lipinski definition) is 2. The maximum absolute atomic E-state index is 12.5. The van der Waals surface area contributed by atoms with Gasteiger partial charge in [-0.05, 0) is 62.5 Å². The quantitative estimate of drug-likeness (QED) is 0.439. The van der Waals surface area contributed by atoms with Crippen molar-refractivity contribution in [1.29, 1.82) is 0 Å². The molecular weight excluding hydrogens is 422 g/mol. The van der Waals surface area contributed by atoms with Crippen LogP contribution in [0.3, 0.4) is 0 Å². The lowest BCUT2D eigenvalue weighted by Gasteiger charge is -2.31. The molecule has 1 fully saturated rings. The second kappa shape index (κ2) is 8.74. The molecule has 4 heterocycles. The highest BCUT2D eigenvalue weighted by atomic mass is 16.5. The van der Waals surface area contributed by atoms with Crippen molar-refractivity contribution in [2.75, 3.05) is 26.8 Å². The fourth-order valence-electron chi connectivity index (χ4n) is 4.69. The molecule has 1 saturated heterocycles. The van der Waals surface area contributed by atoms with Crippen LogP contribution in [-0.4, -0.2) is 57.3 Å². The molecule has 1 aliphatic rings. The van der Waals surface area contributed by atoms with Crippen LogP contribution < -0.4 is 10.3 Å². The monoisotopic (exact) mass is 449 g/mol. The molecule has 0 radical (unpaired) electrons. The van der Waals surface area contributed by atoms with E-state index in [0.717, 1.165) is 37.2 Å². The van der Waals surface area contributed by atoms with Gasteiger partial charge in [-0.3, -0.25) is 14.8 Å². The van der Waals surface area contributed by atoms with E-state index >= 15 is 0 Å². The number of esters is 1. The number of methoxy groups -OCH3 is 1. The summed E-state index contributed by atoms with van der Waals surface area (Å²) in [5, 5.41) is 4.00. The summed E-state index contributed by atoms with van der Waals surface area (Å²) in [6.45, 7) is 4.38. The minimum absolute atomic E-state index is 0.242. The molecule has 1 aromatic carbocycles. The Hall–Kier alpha value is -3.59. The zero-order valence-electron chi connectivity index (χ0n) is 18.8. The minimum atomic E-state index is -0.489. The number of carbonyl (C=O) groups is 1. The average Bonchev–Trinajstić information content (AvgIpc) is 3.44. The SMILES string of the molecule is CCOC(=O)c1c[nH]n2c(=O)cc(CN3CCC(c4c[nH]c5ccc(OC)cc45)CC3)nc12. The largest absolute Gasteiger partial charge is 0.497 e. The highest BCUT2D eigenvalue weighted by Gasteiger charge is 2.24. The van der Waals surface area contributed by atoms with Gasteiger partial charge in [-0.25, -0.2) is 14.3 Å². The van der Waals surface area contributed by atoms with Crippen LogP contribution in [0.1, 0.15) is 47.3 Å². The number of hydrogen-bond acceptors (Lipinski definition) is 6. The number of H-pyrrole nitrogens is 2. The van der Waals surface area contributed by atoms with Crippen LogP contribution in [-0.2, 0) is 11.3 Å². The molecule has 0 bridgehead atoms. The van der Waals surface area contributed by atoms with Gasteiger partial charge in [0.25, 0.3) is 5.56 Å². The molecule has 33 heavy (non-hydrogen) atoms. The predicted molar refractivity (Wildman–Crippen MR) is 124 cm³/mol. The maximum atomic E-state index is 12.5. The Labute approximate surface area is 190 Å². The molecule has 0 amide bonds. The molecule has 5 rings (SSSR count). The van der Waals surface area contributed by atoms with Gasteiger partial charge in [0.05, 0.1) is 19.4 Å². The van der Waals surface area contributed by atoms with Crippen LogP contribution in [0.2, 0.25) is 0 Å². The molecule has 9 nitrogen and oxygen atoms in total. The Balaban J connectivity index is 1.31. The summed E-state index contributed by atoms with van der Waals surface area (Å²) < 4.78 is 11.8. The molecule has 0 atom stereocenters. The first kappa shape index (κ1) is 21.3. The highest BCUT2D eigenvalue weighted by Crippen LogP contribution is 2.34. The zero-order valence-corrected chi connectivity index (χ0v) is 18.8. The topological polar surface area (TPSA) is 105 Å². The first-order valence-electron chi connectivity index (χ1n) is 11.2. The number of likely N-dealkylation sites (tertiary alicyclic amines) is 1. The summed E-state index contributed by atoms with van der Waals surface area (Å²) in [5.74, 6) is 0.834. The molecule has 0 unspecified atom stereocenters. The van der Waals surface area contributed by atoms with E-state index in [1.54, 1.807) is 14.0 Å². The van der Waals surface area contributed by atoms with Crippen LogP contribution >= 0.6 is 0 Å². The molecule has 0 saturated carbocycles. The van der Waals surface area contributed by atoms with Gasteiger partial charge in [0, 0.05) is 35.9 Å². The Kier molecular flexibility index (Phi) is 5.63. The molecule has 3 aromatic heterocycles. The molecule has 0 aliphatic carbocycles. The average molecular weight is 450 g/mol. The van der Waals surface area contributed by atoms with Crippen molar-refractivity contribution in [2.24, 2.45) is 0 Å². The van der Waals surface area contributed by atoms with Gasteiger partial charge < -0.3 is 14.5 Å². The second-order valence-electron chi connectivity index (χ2n) is 8.36. The smallest absolute Gasteiger partial charge is 0.343 e. The van der Waals surface area contributed by atoms with Crippen molar-refractivity contribution in [3.05, 3.63) is 63.8 Å². The summed E-state index contributed by atoms with van der Waals surface area (Å²) in [5.41, 5.74) is 3.43. The second-order valence-corrected chi connectivity index (χ2v) is 8.36. The van der Waals surface area contributed by atoms with Crippen molar-refractivity contribution >= 4 is 22.5 Å². The van der Waals surface area contributed by atoms with E-state index < -0.39 is 5.97 Å². The van der Waals surface area contributed by atoms with E-state index in [-0.39, 0.29) is 17.7 Å². The fraction of sp³-hybridized carbons (Fsp3) is 0.375. The number of piperidine rings is 1. The molecular formula is C24H27N5O4. The van der Waals surface area contributed by atoms with Gasteiger partial charge in [-0.2, -0.15) is 0 Å². The van der Waals surface area contributed by atoms with Gasteiger partial charge in [0.2, 0.25) is 0 Å². The van der Waals surface area contributed by atoms with Crippen LogP contribution in [0.4, 0.5) is 0 Å². The third-order valence-electron chi connectivity index (χ3n) is 6.38. The van der Waals surface area contributed by atoms with Crippen molar-refractivity contribution in [2.45, 2.75) is 32.2 Å². The van der Waals surface area contributed by atoms with Crippen LogP contribution in [0.25, 0.3) is 16.6 Å². The number of nitrogens with zero attached hydrogens (tertiary/aromatic N) is 3. The lowest BCUT2D eigenvalue weighted by Crippen LogP contribution is -2.33. The Morgan fingerprint density at radius 3 is 2.79 bits per heavy atom. The minimum Gasteiger partial charge on any atom is -0.497 e. The van der Waals surface area contributed by atoms with E-state index in [1.807, 2.05) is 6.07 Å². The zero-order chi connectivity index (χ0) is 22.9. The predicted octanol–water partition coefficient (Wildman–Crippen LogP) is 3.07. The Bertz CT molecular complexity index is 1360. The number of ether oxygens (including phenoxy) is 2. The normalized spacial score (nSPS) is 15.3. The van der Waals surface area contributed by atoms with Crippen molar-refractivity contribution in [3.8, 4) is 5.75 Å². The van der Waals surface area contributed by atoms with Gasteiger partial charge in [0.15, 0.2) is 5.65 Å². The van der Waals surface area contributed by atoms with E-state index in [0.29, 0.717) is 23.8 Å². The van der Waals surface area contributed by atoms with Crippen LogP contribution in [0.15, 0.2) is 41.5 Å². The third-order valence-corrected chi connectivity index (χ3v) is 6.38. The van der Waals surface area contributed by atoms with E-state index in [4.69, 9.17) is 9.47 Å². The molecule has 2 N–H and O–H groups in total. The van der Waals surface area contributed by atoms with Gasteiger partial charge >= 0.3 is 5.97 Å². The number of fused-ring (bicyclic) bond motifs is 2. The van der Waals surface area contributed by atoms with E-state index in [1.165, 1.54) is 27.7 Å². The number of rotatable bonds is 6. The van der Waals surface area contributed by atoms with Crippen molar-refractivity contribution < 1.29 is 14.3 Å². The van der Waals surface area contributed by atoms with Crippen molar-refractivity contribution in [3.63, 3.8) is 0 Å². The van der Waals surface area contributed by atoms with Crippen LogP contribution in [0.5, 0.6) is 5.75 Å². The highest BCUT2D eigenvalue weighted by molar-refractivity contribution is 5.95. The van der Waals surface area contributed by atoms with E-state index in [2.05, 4.69) is 38.3 Å². The Morgan fingerprint density at radius 2 is 2.03 bits per heavy atom. The summed E-state index contributed by atoms with van der Waals surface area (Å²) in [6, 6.07) is 7.64. The standard InChI is InChI=1S/C24H27N5O4/c1-3-33-24(31)20-13-26-29-22(30)10-16(27-23(20)29)14-28-8-6-15(7-9-28)19-12-25-21-5-4-17(32-2)11-18(19)21/h4-5,10-13,15,25-26H,3,6-9,14H2,1-2H3. The lowest BCUT2D eigenvalue weighted by atomic mass is 9.89. The first-order valence-corrected chi connectivity index (χ1v) is 11.2. The number of aromatic amines is 2. The third kappa shape index (κ3) is 4.00. The summed E-state index contributed by atoms with van der Waals surface area (Å²) >= 11 is 0. The summed E-state index contributed by atoms with van der Waals surface area (Å²) in [6.07, 6.45) is 5.62. The van der Waals surface area contributed by atoms with Crippen LogP contribution in [0, 0.1) is 0 Å². The molecule has 172 valence electrons. The number of carbonyl (C=O) groups excluding carboxylic acids is 1. The van der Waals surface area contributed by atoms with Gasteiger partial charge in [0.1, 0.15) is 11.3 Å². The molecule has 9 heteroatoms. The first-order chi connectivity index (χ1) is 16.1. The maximum Gasteiger partial charge on any atom is 0.343 e. The Morgan fingerprint density at radius 1 is 1.21 bits per heavy atom. The molecule has 4 aromatic rings. The van der Waals surface area contributed by atoms with Crippen molar-refractivity contribution in [1.82, 2.24) is 24.5 Å². The summed E-state index contributed by atoms with van der Waals surface area (Å²) in [7, 11) is 1.69. The number of nitrogens with one attached hydrogen (secondary N) is 2. The number of benzene rings is 1. The van der Waals surface area contributed by atoms with Gasteiger partial charge in [-0.1, -0.05) is 0 Å². The van der Waals surface area contributed by atoms with E-state index in [9.17, 15) is 9.59 Å². The number of aromatic nitrogens is 4. The lowest BCUT2D eigenvalue weighted by molar-refractivity contribution is 0.0528. The molecule has 0 spiro atoms. The summed E-state index contributed by atoms with van der Waals surface area (Å²) in [4.78, 5) is 35.0. The van der Waals surface area contributed by atoms with Gasteiger partial charge in [-0.15, -0.1) is 0 Å².